The zero-order valence-corrected chi connectivity index (χ0v) is 13.4. The molecule has 6 heteroatoms. The molecule has 20 heavy (non-hydrogen) atoms. The summed E-state index contributed by atoms with van der Waals surface area (Å²) in [7, 11) is 1.96. The molecule has 0 atom stereocenters. The molecule has 0 spiro atoms. The van der Waals surface area contributed by atoms with E-state index in [0.29, 0.717) is 0 Å². The molecule has 0 aliphatic rings. The second kappa shape index (κ2) is 5.93. The van der Waals surface area contributed by atoms with Crippen LogP contribution in [0.4, 0.5) is 0 Å². The SMILES string of the molecule is Cn1cnnc1CSCc1ccc(Br)c2cccnc12. The van der Waals surface area contributed by atoms with Gasteiger partial charge in [-0.2, -0.15) is 0 Å². The number of fused-ring (bicyclic) bond motifs is 1. The molecule has 3 rings (SSSR count). The standard InChI is InChI=1S/C14H13BrN4S/c1-19-9-17-18-13(19)8-20-7-10-4-5-12(15)11-3-2-6-16-14(10)11/h2-6,9H,7-8H2,1H3. The Kier molecular flexibility index (Phi) is 4.03. The summed E-state index contributed by atoms with van der Waals surface area (Å²) in [5.41, 5.74) is 2.31. The van der Waals surface area contributed by atoms with Crippen molar-refractivity contribution in [1.29, 1.82) is 0 Å². The van der Waals surface area contributed by atoms with Crippen molar-refractivity contribution in [2.24, 2.45) is 7.05 Å². The van der Waals surface area contributed by atoms with E-state index in [0.717, 1.165) is 32.7 Å². The first-order valence-electron chi connectivity index (χ1n) is 6.18. The van der Waals surface area contributed by atoms with E-state index in [1.165, 1.54) is 5.56 Å². The van der Waals surface area contributed by atoms with Gasteiger partial charge >= 0.3 is 0 Å². The highest BCUT2D eigenvalue weighted by atomic mass is 79.9. The number of rotatable bonds is 4. The average Bonchev–Trinajstić information content (AvgIpc) is 2.87. The molecule has 0 saturated heterocycles. The second-order valence-corrected chi connectivity index (χ2v) is 6.30. The van der Waals surface area contributed by atoms with Crippen LogP contribution in [0, 0.1) is 0 Å². The van der Waals surface area contributed by atoms with Crippen molar-refractivity contribution >= 4 is 38.6 Å². The van der Waals surface area contributed by atoms with E-state index >= 15 is 0 Å². The number of nitrogens with zero attached hydrogens (tertiary/aromatic N) is 4. The van der Waals surface area contributed by atoms with Crippen LogP contribution in [0.25, 0.3) is 10.9 Å². The van der Waals surface area contributed by atoms with Gasteiger partial charge in [0.25, 0.3) is 0 Å². The molecule has 3 aromatic rings. The summed E-state index contributed by atoms with van der Waals surface area (Å²) in [6, 6.07) is 8.26. The minimum absolute atomic E-state index is 0.848. The maximum Gasteiger partial charge on any atom is 0.142 e. The molecular formula is C14H13BrN4S. The van der Waals surface area contributed by atoms with Crippen LogP contribution < -0.4 is 0 Å². The van der Waals surface area contributed by atoms with E-state index in [9.17, 15) is 0 Å². The summed E-state index contributed by atoms with van der Waals surface area (Å²) in [4.78, 5) is 4.50. The van der Waals surface area contributed by atoms with Crippen molar-refractivity contribution in [3.63, 3.8) is 0 Å². The molecule has 2 aromatic heterocycles. The fourth-order valence-electron chi connectivity index (χ4n) is 2.00. The van der Waals surface area contributed by atoms with Gasteiger partial charge in [0.2, 0.25) is 0 Å². The molecule has 0 unspecified atom stereocenters. The number of aryl methyl sites for hydroxylation is 1. The number of hydrogen-bond donors (Lipinski definition) is 0. The van der Waals surface area contributed by atoms with Crippen LogP contribution in [0.15, 0.2) is 41.3 Å². The summed E-state index contributed by atoms with van der Waals surface area (Å²) in [6.45, 7) is 0. The molecule has 0 bridgehead atoms. The van der Waals surface area contributed by atoms with Crippen LogP contribution >= 0.6 is 27.7 Å². The summed E-state index contributed by atoms with van der Waals surface area (Å²) in [6.07, 6.45) is 3.57. The Morgan fingerprint density at radius 1 is 1.25 bits per heavy atom. The Labute approximate surface area is 129 Å². The Morgan fingerprint density at radius 2 is 2.15 bits per heavy atom. The minimum Gasteiger partial charge on any atom is -0.320 e. The summed E-state index contributed by atoms with van der Waals surface area (Å²) in [5, 5.41) is 9.14. The van der Waals surface area contributed by atoms with Gasteiger partial charge in [-0.3, -0.25) is 4.98 Å². The second-order valence-electron chi connectivity index (χ2n) is 4.46. The largest absolute Gasteiger partial charge is 0.320 e. The summed E-state index contributed by atoms with van der Waals surface area (Å²) < 4.78 is 3.04. The highest BCUT2D eigenvalue weighted by Gasteiger charge is 2.07. The lowest BCUT2D eigenvalue weighted by molar-refractivity contribution is 0.849. The van der Waals surface area contributed by atoms with Gasteiger partial charge in [-0.25, -0.2) is 0 Å². The van der Waals surface area contributed by atoms with Crippen molar-refractivity contribution in [2.75, 3.05) is 0 Å². The molecule has 2 heterocycles. The summed E-state index contributed by atoms with van der Waals surface area (Å²) in [5.74, 6) is 2.75. The normalized spacial score (nSPS) is 11.1. The zero-order valence-electron chi connectivity index (χ0n) is 11.0. The summed E-state index contributed by atoms with van der Waals surface area (Å²) >= 11 is 5.39. The number of halogens is 1. The highest BCUT2D eigenvalue weighted by Crippen LogP contribution is 2.28. The third kappa shape index (κ3) is 2.71. The van der Waals surface area contributed by atoms with E-state index < -0.39 is 0 Å². The Morgan fingerprint density at radius 3 is 2.95 bits per heavy atom. The fraction of sp³-hybridized carbons (Fsp3) is 0.214. The molecule has 4 nitrogen and oxygen atoms in total. The third-order valence-corrected chi connectivity index (χ3v) is 4.76. The quantitative estimate of drug-likeness (QED) is 0.722. The van der Waals surface area contributed by atoms with Gasteiger partial charge in [-0.1, -0.05) is 28.1 Å². The molecule has 0 aliphatic carbocycles. The molecule has 0 fully saturated rings. The zero-order chi connectivity index (χ0) is 13.9. The number of aromatic nitrogens is 4. The number of hydrogen-bond acceptors (Lipinski definition) is 4. The molecular weight excluding hydrogens is 336 g/mol. The van der Waals surface area contributed by atoms with E-state index in [1.54, 1.807) is 6.33 Å². The topological polar surface area (TPSA) is 43.6 Å². The predicted molar refractivity (Wildman–Crippen MR) is 85.4 cm³/mol. The molecule has 0 saturated carbocycles. The first-order chi connectivity index (χ1) is 9.75. The molecule has 0 amide bonds. The Bertz CT molecular complexity index is 741. The minimum atomic E-state index is 0.848. The van der Waals surface area contributed by atoms with Crippen LogP contribution in [0.1, 0.15) is 11.4 Å². The third-order valence-electron chi connectivity index (χ3n) is 3.09. The van der Waals surface area contributed by atoms with Crippen LogP contribution in [-0.4, -0.2) is 19.7 Å². The van der Waals surface area contributed by atoms with Crippen LogP contribution in [0.2, 0.25) is 0 Å². The molecule has 0 aliphatic heterocycles. The van der Waals surface area contributed by atoms with E-state index in [-0.39, 0.29) is 0 Å². The van der Waals surface area contributed by atoms with Crippen LogP contribution in [0.3, 0.4) is 0 Å². The Hall–Kier alpha value is -1.40. The molecule has 0 N–H and O–H groups in total. The van der Waals surface area contributed by atoms with Crippen LogP contribution in [-0.2, 0) is 18.6 Å². The van der Waals surface area contributed by atoms with Gasteiger partial charge < -0.3 is 4.57 Å². The fourth-order valence-corrected chi connectivity index (χ4v) is 3.45. The number of benzene rings is 1. The maximum atomic E-state index is 4.50. The monoisotopic (exact) mass is 348 g/mol. The van der Waals surface area contributed by atoms with Gasteiger partial charge in [0, 0.05) is 28.9 Å². The van der Waals surface area contributed by atoms with Crippen molar-refractivity contribution in [1.82, 2.24) is 19.7 Å². The van der Waals surface area contributed by atoms with Gasteiger partial charge in [-0.15, -0.1) is 22.0 Å². The lowest BCUT2D eigenvalue weighted by Crippen LogP contribution is -1.95. The predicted octanol–water partition coefficient (Wildman–Crippen LogP) is 3.56. The average molecular weight is 349 g/mol. The van der Waals surface area contributed by atoms with Crippen molar-refractivity contribution in [3.05, 3.63) is 52.7 Å². The molecule has 1 aromatic carbocycles. The highest BCUT2D eigenvalue weighted by molar-refractivity contribution is 9.10. The first-order valence-corrected chi connectivity index (χ1v) is 8.13. The van der Waals surface area contributed by atoms with E-state index in [2.05, 4.69) is 49.3 Å². The molecule has 0 radical (unpaired) electrons. The van der Waals surface area contributed by atoms with Gasteiger partial charge in [0.15, 0.2) is 0 Å². The van der Waals surface area contributed by atoms with E-state index in [4.69, 9.17) is 0 Å². The lowest BCUT2D eigenvalue weighted by Gasteiger charge is -2.07. The van der Waals surface area contributed by atoms with Gasteiger partial charge in [0.1, 0.15) is 12.2 Å². The smallest absolute Gasteiger partial charge is 0.142 e. The van der Waals surface area contributed by atoms with Crippen LogP contribution in [0.5, 0.6) is 0 Å². The Balaban J connectivity index is 1.78. The van der Waals surface area contributed by atoms with Gasteiger partial charge in [-0.05, 0) is 17.7 Å². The van der Waals surface area contributed by atoms with Crippen molar-refractivity contribution in [2.45, 2.75) is 11.5 Å². The van der Waals surface area contributed by atoms with Crippen molar-refractivity contribution < 1.29 is 0 Å². The maximum absolute atomic E-state index is 4.50. The van der Waals surface area contributed by atoms with E-state index in [1.807, 2.05) is 35.6 Å². The van der Waals surface area contributed by atoms with Gasteiger partial charge in [0.05, 0.1) is 11.3 Å². The number of thioether (sulfide) groups is 1. The lowest BCUT2D eigenvalue weighted by atomic mass is 10.1. The molecule has 102 valence electrons. The number of pyridine rings is 1. The van der Waals surface area contributed by atoms with Crippen molar-refractivity contribution in [3.8, 4) is 0 Å². The first kappa shape index (κ1) is 13.6.